The lowest BCUT2D eigenvalue weighted by molar-refractivity contribution is -0.128. The lowest BCUT2D eigenvalue weighted by atomic mass is 9.97. The Morgan fingerprint density at radius 2 is 2.09 bits per heavy atom. The number of benzene rings is 1. The first-order valence-electron chi connectivity index (χ1n) is 11.2. The summed E-state index contributed by atoms with van der Waals surface area (Å²) in [6, 6.07) is 13.0. The first-order chi connectivity index (χ1) is 16.2. The van der Waals surface area contributed by atoms with E-state index < -0.39 is 6.10 Å². The molecule has 1 saturated heterocycles. The van der Waals surface area contributed by atoms with E-state index in [4.69, 9.17) is 9.47 Å². The molecule has 33 heavy (non-hydrogen) atoms. The van der Waals surface area contributed by atoms with Crippen molar-refractivity contribution in [2.45, 2.75) is 50.5 Å². The molecule has 1 fully saturated rings. The highest BCUT2D eigenvalue weighted by Gasteiger charge is 2.31. The minimum atomic E-state index is -0.434. The van der Waals surface area contributed by atoms with Gasteiger partial charge >= 0.3 is 0 Å². The maximum Gasteiger partial charge on any atom is 0.226 e. The molecule has 1 amide bonds. The monoisotopic (exact) mass is 451 g/mol. The average molecular weight is 452 g/mol. The van der Waals surface area contributed by atoms with Crippen LogP contribution in [0.4, 0.5) is 0 Å². The van der Waals surface area contributed by atoms with Gasteiger partial charge in [-0.3, -0.25) is 14.5 Å². The van der Waals surface area contributed by atoms with E-state index in [0.717, 1.165) is 36.3 Å². The summed E-state index contributed by atoms with van der Waals surface area (Å²) >= 11 is 0. The van der Waals surface area contributed by atoms with E-state index in [9.17, 15) is 9.90 Å². The number of aliphatic hydroxyl groups excluding tert-OH is 1. The molecule has 4 rings (SSSR count). The molecule has 0 unspecified atom stereocenters. The molecule has 174 valence electrons. The Labute approximate surface area is 192 Å². The molecule has 0 bridgehead atoms. The van der Waals surface area contributed by atoms with Crippen molar-refractivity contribution in [2.24, 2.45) is 0 Å². The molecule has 0 radical (unpaired) electrons. The van der Waals surface area contributed by atoms with Crippen LogP contribution in [-0.2, 0) is 22.5 Å². The Morgan fingerprint density at radius 1 is 1.24 bits per heavy atom. The molecule has 1 aromatic carbocycles. The SMILES string of the molecule is COc1ccccc1-c1cn(CC[C@@H]2CC[C@H](NC(=O)Cc3ccccn3)[C@H](CO)O2)nn1. The third-order valence-corrected chi connectivity index (χ3v) is 5.81. The molecule has 3 heterocycles. The van der Waals surface area contributed by atoms with Crippen molar-refractivity contribution < 1.29 is 19.4 Å². The van der Waals surface area contributed by atoms with Gasteiger partial charge in [-0.1, -0.05) is 23.4 Å². The molecule has 2 aromatic heterocycles. The van der Waals surface area contributed by atoms with Gasteiger partial charge in [0.15, 0.2) is 0 Å². The molecule has 0 saturated carbocycles. The van der Waals surface area contributed by atoms with Crippen molar-refractivity contribution in [3.05, 3.63) is 60.6 Å². The third kappa shape index (κ3) is 5.94. The Hall–Kier alpha value is -3.30. The van der Waals surface area contributed by atoms with Crippen molar-refractivity contribution in [1.82, 2.24) is 25.3 Å². The quantitative estimate of drug-likeness (QED) is 0.512. The van der Waals surface area contributed by atoms with Crippen LogP contribution in [0.5, 0.6) is 5.75 Å². The second kappa shape index (κ2) is 11.0. The van der Waals surface area contributed by atoms with Gasteiger partial charge in [-0.25, -0.2) is 0 Å². The smallest absolute Gasteiger partial charge is 0.226 e. The van der Waals surface area contributed by atoms with Crippen LogP contribution in [0.3, 0.4) is 0 Å². The molecule has 3 aromatic rings. The highest BCUT2D eigenvalue weighted by Crippen LogP contribution is 2.28. The number of nitrogens with zero attached hydrogens (tertiary/aromatic N) is 4. The number of aryl methyl sites for hydroxylation is 1. The highest BCUT2D eigenvalue weighted by atomic mass is 16.5. The van der Waals surface area contributed by atoms with Gasteiger partial charge in [0.25, 0.3) is 0 Å². The van der Waals surface area contributed by atoms with E-state index in [1.807, 2.05) is 48.7 Å². The van der Waals surface area contributed by atoms with Gasteiger partial charge in [0.2, 0.25) is 5.91 Å². The topological polar surface area (TPSA) is 111 Å². The minimum Gasteiger partial charge on any atom is -0.496 e. The normalized spacial score (nSPS) is 20.4. The summed E-state index contributed by atoms with van der Waals surface area (Å²) in [5.74, 6) is 0.632. The van der Waals surface area contributed by atoms with E-state index in [1.54, 1.807) is 18.0 Å². The average Bonchev–Trinajstić information content (AvgIpc) is 3.33. The molecule has 0 spiro atoms. The third-order valence-electron chi connectivity index (χ3n) is 5.81. The zero-order valence-corrected chi connectivity index (χ0v) is 18.6. The van der Waals surface area contributed by atoms with Crippen LogP contribution in [0.15, 0.2) is 54.9 Å². The molecule has 3 atom stereocenters. The number of para-hydroxylation sites is 1. The summed E-state index contributed by atoms with van der Waals surface area (Å²) in [5, 5.41) is 21.3. The van der Waals surface area contributed by atoms with Crippen LogP contribution in [0, 0.1) is 0 Å². The summed E-state index contributed by atoms with van der Waals surface area (Å²) in [6.07, 6.45) is 5.58. The van der Waals surface area contributed by atoms with Gasteiger partial charge in [0.05, 0.1) is 38.5 Å². The Bertz CT molecular complexity index is 1040. The van der Waals surface area contributed by atoms with Gasteiger partial charge in [-0.15, -0.1) is 5.10 Å². The molecule has 9 heteroatoms. The van der Waals surface area contributed by atoms with Crippen molar-refractivity contribution in [1.29, 1.82) is 0 Å². The van der Waals surface area contributed by atoms with Crippen LogP contribution < -0.4 is 10.1 Å². The van der Waals surface area contributed by atoms with Gasteiger partial charge in [0.1, 0.15) is 17.5 Å². The maximum absolute atomic E-state index is 12.4. The number of amides is 1. The van der Waals surface area contributed by atoms with Crippen molar-refractivity contribution >= 4 is 5.91 Å². The predicted molar refractivity (Wildman–Crippen MR) is 121 cm³/mol. The Morgan fingerprint density at radius 3 is 2.88 bits per heavy atom. The molecular weight excluding hydrogens is 422 g/mol. The number of aromatic nitrogens is 4. The number of rotatable bonds is 9. The second-order valence-electron chi connectivity index (χ2n) is 8.08. The first kappa shape index (κ1) is 22.9. The molecular formula is C24H29N5O4. The van der Waals surface area contributed by atoms with Gasteiger partial charge < -0.3 is 19.9 Å². The number of methoxy groups -OCH3 is 1. The summed E-state index contributed by atoms with van der Waals surface area (Å²) in [6.45, 7) is 0.494. The van der Waals surface area contributed by atoms with Crippen LogP contribution in [-0.4, -0.2) is 63.0 Å². The van der Waals surface area contributed by atoms with Crippen LogP contribution in [0.2, 0.25) is 0 Å². The van der Waals surface area contributed by atoms with E-state index in [1.165, 1.54) is 0 Å². The van der Waals surface area contributed by atoms with Crippen LogP contribution in [0.1, 0.15) is 25.0 Å². The fourth-order valence-electron chi connectivity index (χ4n) is 4.10. The summed E-state index contributed by atoms with van der Waals surface area (Å²) in [5.41, 5.74) is 2.36. The standard InChI is InChI=1S/C24H29N5O4/c1-32-22-8-3-2-7-19(22)21-15-29(28-27-21)13-11-18-9-10-20(23(16-30)33-18)26-24(31)14-17-6-4-5-12-25-17/h2-8,12,15,18,20,23,30H,9-11,13-14,16H2,1H3,(H,26,31)/t18-,20-,23-/m0/s1. The van der Waals surface area contributed by atoms with Crippen molar-refractivity contribution in [3.63, 3.8) is 0 Å². The van der Waals surface area contributed by atoms with Gasteiger partial charge in [-0.2, -0.15) is 0 Å². The first-order valence-corrected chi connectivity index (χ1v) is 11.2. The van der Waals surface area contributed by atoms with Gasteiger partial charge in [-0.05, 0) is 43.5 Å². The fourth-order valence-corrected chi connectivity index (χ4v) is 4.10. The van der Waals surface area contributed by atoms with E-state index in [0.29, 0.717) is 12.2 Å². The summed E-state index contributed by atoms with van der Waals surface area (Å²) in [7, 11) is 1.63. The second-order valence-corrected chi connectivity index (χ2v) is 8.08. The van der Waals surface area contributed by atoms with E-state index >= 15 is 0 Å². The number of ether oxygens (including phenoxy) is 2. The Kier molecular flexibility index (Phi) is 7.64. The molecule has 1 aliphatic rings. The number of carbonyl (C=O) groups excluding carboxylic acids is 1. The summed E-state index contributed by atoms with van der Waals surface area (Å²) < 4.78 is 13.3. The van der Waals surface area contributed by atoms with Crippen LogP contribution >= 0.6 is 0 Å². The maximum atomic E-state index is 12.4. The van der Waals surface area contributed by atoms with Crippen LogP contribution in [0.25, 0.3) is 11.3 Å². The zero-order valence-electron chi connectivity index (χ0n) is 18.6. The molecule has 2 N–H and O–H groups in total. The summed E-state index contributed by atoms with van der Waals surface area (Å²) in [4.78, 5) is 16.6. The minimum absolute atomic E-state index is 0.0231. The molecule has 1 aliphatic heterocycles. The number of hydrogen-bond donors (Lipinski definition) is 2. The lowest BCUT2D eigenvalue weighted by Gasteiger charge is -2.36. The number of hydrogen-bond acceptors (Lipinski definition) is 7. The highest BCUT2D eigenvalue weighted by molar-refractivity contribution is 5.78. The largest absolute Gasteiger partial charge is 0.496 e. The predicted octanol–water partition coefficient (Wildman–Crippen LogP) is 2.01. The fraction of sp³-hybridized carbons (Fsp3) is 0.417. The molecule has 0 aliphatic carbocycles. The number of nitrogens with one attached hydrogen (secondary N) is 1. The van der Waals surface area contributed by atoms with Crippen molar-refractivity contribution in [2.75, 3.05) is 13.7 Å². The Balaban J connectivity index is 1.28. The zero-order chi connectivity index (χ0) is 23.0. The molecule has 9 nitrogen and oxygen atoms in total. The lowest BCUT2D eigenvalue weighted by Crippen LogP contribution is -2.51. The van der Waals surface area contributed by atoms with Gasteiger partial charge in [0, 0.05) is 24.0 Å². The van der Waals surface area contributed by atoms with E-state index in [2.05, 4.69) is 20.6 Å². The van der Waals surface area contributed by atoms with E-state index in [-0.39, 0.29) is 31.1 Å². The number of pyridine rings is 1. The number of aliphatic hydroxyl groups is 1. The number of carbonyl (C=O) groups is 1. The van der Waals surface area contributed by atoms with Crippen molar-refractivity contribution in [3.8, 4) is 17.0 Å².